The molecule has 1 aliphatic carbocycles. The zero-order valence-corrected chi connectivity index (χ0v) is 11.3. The fourth-order valence-corrected chi connectivity index (χ4v) is 3.23. The number of nitrogens with zero attached hydrogens (tertiary/aromatic N) is 1. The molecule has 0 aromatic rings. The highest BCUT2D eigenvalue weighted by Crippen LogP contribution is 2.44. The van der Waals surface area contributed by atoms with Gasteiger partial charge in [-0.15, -0.1) is 0 Å². The summed E-state index contributed by atoms with van der Waals surface area (Å²) in [4.78, 5) is 26.1. The molecule has 1 spiro atoms. The molecule has 2 rings (SSSR count). The molecular weight excluding hydrogens is 228 g/mol. The number of imide groups is 1. The molecule has 102 valence electrons. The van der Waals surface area contributed by atoms with E-state index in [1.807, 2.05) is 6.92 Å². The molecular formula is C14H24N2O2. The number of likely N-dealkylation sites (tertiary alicyclic amines) is 1. The molecule has 1 atom stereocenters. The van der Waals surface area contributed by atoms with Crippen LogP contribution in [0, 0.1) is 11.3 Å². The van der Waals surface area contributed by atoms with Gasteiger partial charge in [0.05, 0.1) is 5.41 Å². The van der Waals surface area contributed by atoms with Crippen LogP contribution in [0.5, 0.6) is 0 Å². The van der Waals surface area contributed by atoms with Crippen LogP contribution in [-0.4, -0.2) is 29.8 Å². The number of carbonyl (C=O) groups excluding carboxylic acids is 2. The lowest BCUT2D eigenvalue weighted by atomic mass is 9.79. The van der Waals surface area contributed by atoms with Gasteiger partial charge in [-0.1, -0.05) is 32.6 Å². The normalized spacial score (nSPS) is 25.6. The quantitative estimate of drug-likeness (QED) is 0.777. The van der Waals surface area contributed by atoms with Crippen molar-refractivity contribution in [3.8, 4) is 0 Å². The second-order valence-corrected chi connectivity index (χ2v) is 6.02. The maximum absolute atomic E-state index is 12.6. The fourth-order valence-electron chi connectivity index (χ4n) is 3.23. The van der Waals surface area contributed by atoms with Gasteiger partial charge in [0, 0.05) is 13.0 Å². The van der Waals surface area contributed by atoms with E-state index in [-0.39, 0.29) is 23.1 Å². The Morgan fingerprint density at radius 1 is 1.22 bits per heavy atom. The molecule has 18 heavy (non-hydrogen) atoms. The Hall–Kier alpha value is -0.900. The largest absolute Gasteiger partial charge is 0.330 e. The van der Waals surface area contributed by atoms with E-state index in [4.69, 9.17) is 5.73 Å². The van der Waals surface area contributed by atoms with Gasteiger partial charge in [0.2, 0.25) is 11.8 Å². The predicted octanol–water partition coefficient (Wildman–Crippen LogP) is 1.68. The van der Waals surface area contributed by atoms with E-state index in [1.54, 1.807) is 0 Å². The zero-order valence-electron chi connectivity index (χ0n) is 11.3. The van der Waals surface area contributed by atoms with Gasteiger partial charge in [0.1, 0.15) is 0 Å². The highest BCUT2D eigenvalue weighted by molar-refractivity contribution is 6.05. The minimum Gasteiger partial charge on any atom is -0.330 e. The second-order valence-electron chi connectivity index (χ2n) is 6.02. The summed E-state index contributed by atoms with van der Waals surface area (Å²) in [7, 11) is 0. The van der Waals surface area contributed by atoms with Crippen molar-refractivity contribution in [1.82, 2.24) is 4.90 Å². The first kappa shape index (κ1) is 13.5. The van der Waals surface area contributed by atoms with Gasteiger partial charge in [0.25, 0.3) is 0 Å². The molecule has 4 heteroatoms. The van der Waals surface area contributed by atoms with Crippen LogP contribution >= 0.6 is 0 Å². The summed E-state index contributed by atoms with van der Waals surface area (Å²) < 4.78 is 0. The predicted molar refractivity (Wildman–Crippen MR) is 69.7 cm³/mol. The SMILES string of the molecule is CC(CN)CN1C(=O)CC2(CCCCCC2)C1=O. The molecule has 1 heterocycles. The van der Waals surface area contributed by atoms with Gasteiger partial charge >= 0.3 is 0 Å². The first-order chi connectivity index (χ1) is 8.59. The molecule has 1 unspecified atom stereocenters. The number of rotatable bonds is 3. The number of nitrogens with two attached hydrogens (primary N) is 1. The number of amides is 2. The first-order valence-corrected chi connectivity index (χ1v) is 7.14. The summed E-state index contributed by atoms with van der Waals surface area (Å²) in [5.41, 5.74) is 5.23. The highest BCUT2D eigenvalue weighted by atomic mass is 16.2. The van der Waals surface area contributed by atoms with E-state index in [0.717, 1.165) is 25.7 Å². The monoisotopic (exact) mass is 252 g/mol. The molecule has 0 radical (unpaired) electrons. The lowest BCUT2D eigenvalue weighted by Crippen LogP contribution is -2.39. The van der Waals surface area contributed by atoms with Gasteiger partial charge in [-0.2, -0.15) is 0 Å². The van der Waals surface area contributed by atoms with Crippen LogP contribution in [0.1, 0.15) is 51.9 Å². The van der Waals surface area contributed by atoms with Crippen molar-refractivity contribution < 1.29 is 9.59 Å². The van der Waals surface area contributed by atoms with Gasteiger partial charge in [-0.3, -0.25) is 14.5 Å². The highest BCUT2D eigenvalue weighted by Gasteiger charge is 2.50. The Morgan fingerprint density at radius 3 is 2.39 bits per heavy atom. The lowest BCUT2D eigenvalue weighted by molar-refractivity contribution is -0.142. The third kappa shape index (κ3) is 2.44. The second kappa shape index (κ2) is 5.39. The van der Waals surface area contributed by atoms with Gasteiger partial charge in [-0.05, 0) is 25.3 Å². The maximum Gasteiger partial charge on any atom is 0.235 e. The minimum atomic E-state index is -0.359. The van der Waals surface area contributed by atoms with Crippen LogP contribution in [0.3, 0.4) is 0 Å². The lowest BCUT2D eigenvalue weighted by Gasteiger charge is -2.26. The van der Waals surface area contributed by atoms with E-state index >= 15 is 0 Å². The summed E-state index contributed by atoms with van der Waals surface area (Å²) in [5, 5.41) is 0. The van der Waals surface area contributed by atoms with E-state index in [1.165, 1.54) is 17.7 Å². The van der Waals surface area contributed by atoms with Crippen molar-refractivity contribution in [2.75, 3.05) is 13.1 Å². The molecule has 0 bridgehead atoms. The Morgan fingerprint density at radius 2 is 1.83 bits per heavy atom. The summed E-state index contributed by atoms with van der Waals surface area (Å²) in [5.74, 6) is 0.288. The van der Waals surface area contributed by atoms with Crippen LogP contribution in [0.2, 0.25) is 0 Å². The number of hydrogen-bond donors (Lipinski definition) is 1. The third-order valence-electron chi connectivity index (χ3n) is 4.45. The van der Waals surface area contributed by atoms with E-state index < -0.39 is 0 Å². The van der Waals surface area contributed by atoms with Crippen LogP contribution in [-0.2, 0) is 9.59 Å². The zero-order chi connectivity index (χ0) is 13.2. The van der Waals surface area contributed by atoms with Crippen molar-refractivity contribution in [2.24, 2.45) is 17.1 Å². The first-order valence-electron chi connectivity index (χ1n) is 7.14. The summed E-state index contributed by atoms with van der Waals surface area (Å²) in [6.45, 7) is 3.00. The molecule has 2 N–H and O–H groups in total. The van der Waals surface area contributed by atoms with Crippen LogP contribution < -0.4 is 5.73 Å². The number of hydrogen-bond acceptors (Lipinski definition) is 3. The standard InChI is InChI=1S/C14H24N2O2/c1-11(9-15)10-16-12(17)8-14(13(16)18)6-4-2-3-5-7-14/h11H,2-10,15H2,1H3. The Kier molecular flexibility index (Phi) is 4.05. The molecule has 4 nitrogen and oxygen atoms in total. The van der Waals surface area contributed by atoms with Crippen LogP contribution in [0.25, 0.3) is 0 Å². The maximum atomic E-state index is 12.6. The van der Waals surface area contributed by atoms with Crippen molar-refractivity contribution in [3.63, 3.8) is 0 Å². The van der Waals surface area contributed by atoms with Crippen LogP contribution in [0.15, 0.2) is 0 Å². The summed E-state index contributed by atoms with van der Waals surface area (Å²) >= 11 is 0. The van der Waals surface area contributed by atoms with Gasteiger partial charge in [0.15, 0.2) is 0 Å². The van der Waals surface area contributed by atoms with E-state index in [0.29, 0.717) is 19.5 Å². The minimum absolute atomic E-state index is 0.0159. The summed E-state index contributed by atoms with van der Waals surface area (Å²) in [6.07, 6.45) is 6.78. The van der Waals surface area contributed by atoms with Crippen molar-refractivity contribution in [3.05, 3.63) is 0 Å². The molecule has 2 aliphatic rings. The molecule has 1 saturated carbocycles. The fraction of sp³-hybridized carbons (Fsp3) is 0.857. The third-order valence-corrected chi connectivity index (χ3v) is 4.45. The van der Waals surface area contributed by atoms with E-state index in [9.17, 15) is 9.59 Å². The Bertz CT molecular complexity index is 333. The average Bonchev–Trinajstić information content (AvgIpc) is 2.55. The average molecular weight is 252 g/mol. The van der Waals surface area contributed by atoms with Crippen molar-refractivity contribution in [2.45, 2.75) is 51.9 Å². The Labute approximate surface area is 109 Å². The van der Waals surface area contributed by atoms with Crippen LogP contribution in [0.4, 0.5) is 0 Å². The molecule has 2 fully saturated rings. The smallest absolute Gasteiger partial charge is 0.235 e. The molecule has 1 aliphatic heterocycles. The number of carbonyl (C=O) groups is 2. The van der Waals surface area contributed by atoms with Crippen molar-refractivity contribution in [1.29, 1.82) is 0 Å². The topological polar surface area (TPSA) is 63.4 Å². The molecule has 0 aromatic carbocycles. The summed E-state index contributed by atoms with van der Waals surface area (Å²) in [6, 6.07) is 0. The van der Waals surface area contributed by atoms with Gasteiger partial charge in [-0.25, -0.2) is 0 Å². The molecule has 0 aromatic heterocycles. The molecule has 2 amide bonds. The van der Waals surface area contributed by atoms with Crippen molar-refractivity contribution >= 4 is 11.8 Å². The van der Waals surface area contributed by atoms with Gasteiger partial charge < -0.3 is 5.73 Å². The Balaban J connectivity index is 2.11. The molecule has 1 saturated heterocycles. The van der Waals surface area contributed by atoms with E-state index in [2.05, 4.69) is 0 Å².